The molecule has 1 aliphatic rings. The van der Waals surface area contributed by atoms with Gasteiger partial charge in [0, 0.05) is 18.3 Å². The van der Waals surface area contributed by atoms with E-state index in [1.54, 1.807) is 29.2 Å². The van der Waals surface area contributed by atoms with E-state index >= 15 is 0 Å². The topological polar surface area (TPSA) is 139 Å². The normalized spacial score (nSPS) is 13.1. The van der Waals surface area contributed by atoms with Crippen LogP contribution in [0.15, 0.2) is 53.4 Å². The molecule has 3 amide bonds. The van der Waals surface area contributed by atoms with Gasteiger partial charge in [0.25, 0.3) is 21.8 Å². The molecule has 0 atom stereocenters. The standard InChI is InChI=1S/C24H24N4O5S2/c1-14-7-9-16(10-8-14)35(32,33)27-19-6-4-3-5-17(19)23(31)26-24-21(22(25)30)18-11-12-28(15(2)29)13-20(18)34-24/h3-10,27H,11-13H2,1-2H3,(H2,25,30)(H,26,31). The Kier molecular flexibility index (Phi) is 6.64. The van der Waals surface area contributed by atoms with Crippen molar-refractivity contribution in [1.29, 1.82) is 0 Å². The highest BCUT2D eigenvalue weighted by Gasteiger charge is 2.29. The number of hydrogen-bond acceptors (Lipinski definition) is 6. The highest BCUT2D eigenvalue weighted by Crippen LogP contribution is 2.37. The van der Waals surface area contributed by atoms with E-state index in [9.17, 15) is 22.8 Å². The molecule has 9 nitrogen and oxygen atoms in total. The van der Waals surface area contributed by atoms with Crippen LogP contribution >= 0.6 is 11.3 Å². The van der Waals surface area contributed by atoms with Crippen LogP contribution in [0.25, 0.3) is 0 Å². The minimum Gasteiger partial charge on any atom is -0.365 e. The van der Waals surface area contributed by atoms with Crippen LogP contribution in [0.5, 0.6) is 0 Å². The third-order valence-electron chi connectivity index (χ3n) is 5.72. The summed E-state index contributed by atoms with van der Waals surface area (Å²) in [7, 11) is -3.94. The maximum atomic E-state index is 13.2. The molecule has 0 spiro atoms. The maximum Gasteiger partial charge on any atom is 0.261 e. The van der Waals surface area contributed by atoms with Crippen LogP contribution in [0.1, 0.15) is 43.6 Å². The van der Waals surface area contributed by atoms with Crippen LogP contribution in [0, 0.1) is 6.92 Å². The molecule has 182 valence electrons. The van der Waals surface area contributed by atoms with Crippen LogP contribution in [0.3, 0.4) is 0 Å². The minimum atomic E-state index is -3.94. The number of fused-ring (bicyclic) bond motifs is 1. The van der Waals surface area contributed by atoms with Gasteiger partial charge >= 0.3 is 0 Å². The number of nitrogens with one attached hydrogen (secondary N) is 2. The number of aryl methyl sites for hydroxylation is 1. The molecule has 0 saturated heterocycles. The van der Waals surface area contributed by atoms with Crippen molar-refractivity contribution in [1.82, 2.24) is 4.90 Å². The van der Waals surface area contributed by atoms with Gasteiger partial charge in [-0.1, -0.05) is 29.8 Å². The summed E-state index contributed by atoms with van der Waals surface area (Å²) in [6, 6.07) is 12.5. The molecule has 0 aliphatic carbocycles. The average Bonchev–Trinajstić information content (AvgIpc) is 3.16. The molecule has 3 aromatic rings. The zero-order valence-corrected chi connectivity index (χ0v) is 20.8. The Morgan fingerprint density at radius 2 is 1.74 bits per heavy atom. The van der Waals surface area contributed by atoms with Crippen molar-refractivity contribution < 1.29 is 22.8 Å². The number of nitrogens with zero attached hydrogens (tertiary/aromatic N) is 1. The van der Waals surface area contributed by atoms with Crippen molar-refractivity contribution in [3.8, 4) is 0 Å². The van der Waals surface area contributed by atoms with Crippen LogP contribution in [0.4, 0.5) is 10.7 Å². The molecule has 2 heterocycles. The lowest BCUT2D eigenvalue weighted by Gasteiger charge is -2.25. The van der Waals surface area contributed by atoms with Crippen molar-refractivity contribution in [3.63, 3.8) is 0 Å². The molecular weight excluding hydrogens is 488 g/mol. The van der Waals surface area contributed by atoms with Gasteiger partial charge in [-0.2, -0.15) is 0 Å². The number of hydrogen-bond donors (Lipinski definition) is 3. The molecule has 0 fully saturated rings. The molecule has 4 rings (SSSR count). The highest BCUT2D eigenvalue weighted by atomic mass is 32.2. The second-order valence-corrected chi connectivity index (χ2v) is 11.0. The number of sulfonamides is 1. The first-order valence-electron chi connectivity index (χ1n) is 10.8. The van der Waals surface area contributed by atoms with E-state index in [4.69, 9.17) is 5.73 Å². The van der Waals surface area contributed by atoms with Crippen molar-refractivity contribution in [2.75, 3.05) is 16.6 Å². The fourth-order valence-electron chi connectivity index (χ4n) is 3.88. The van der Waals surface area contributed by atoms with E-state index < -0.39 is 21.8 Å². The Balaban J connectivity index is 1.63. The molecule has 0 unspecified atom stereocenters. The summed E-state index contributed by atoms with van der Waals surface area (Å²) in [5.74, 6) is -1.36. The molecule has 4 N–H and O–H groups in total. The lowest BCUT2D eigenvalue weighted by Crippen LogP contribution is -2.34. The predicted octanol–water partition coefficient (Wildman–Crippen LogP) is 3.11. The fraction of sp³-hybridized carbons (Fsp3) is 0.208. The van der Waals surface area contributed by atoms with Crippen LogP contribution in [-0.2, 0) is 27.8 Å². The van der Waals surface area contributed by atoms with Gasteiger partial charge in [0.05, 0.1) is 28.3 Å². The minimum absolute atomic E-state index is 0.0651. The van der Waals surface area contributed by atoms with E-state index in [2.05, 4.69) is 10.0 Å². The Hall–Kier alpha value is -3.70. The number of nitrogens with two attached hydrogens (primary N) is 1. The van der Waals surface area contributed by atoms with Gasteiger partial charge < -0.3 is 16.0 Å². The number of benzene rings is 2. The monoisotopic (exact) mass is 512 g/mol. The van der Waals surface area contributed by atoms with Crippen LogP contribution < -0.4 is 15.8 Å². The third kappa shape index (κ3) is 5.05. The lowest BCUT2D eigenvalue weighted by molar-refractivity contribution is -0.129. The summed E-state index contributed by atoms with van der Waals surface area (Å²) in [5, 5.41) is 3.00. The van der Waals surface area contributed by atoms with E-state index in [-0.39, 0.29) is 32.6 Å². The molecule has 0 radical (unpaired) electrons. The number of thiophene rings is 1. The van der Waals surface area contributed by atoms with E-state index in [0.29, 0.717) is 19.5 Å². The summed E-state index contributed by atoms with van der Waals surface area (Å²) in [6.07, 6.45) is 0.451. The van der Waals surface area contributed by atoms with Gasteiger partial charge in [-0.3, -0.25) is 19.1 Å². The van der Waals surface area contributed by atoms with Crippen molar-refractivity contribution in [3.05, 3.63) is 75.7 Å². The summed E-state index contributed by atoms with van der Waals surface area (Å²) < 4.78 is 28.2. The molecular formula is C24H24N4O5S2. The predicted molar refractivity (Wildman–Crippen MR) is 134 cm³/mol. The van der Waals surface area contributed by atoms with Gasteiger partial charge in [0.2, 0.25) is 5.91 Å². The number of anilines is 2. The van der Waals surface area contributed by atoms with Crippen molar-refractivity contribution in [2.45, 2.75) is 31.7 Å². The summed E-state index contributed by atoms with van der Waals surface area (Å²) in [6.45, 7) is 4.11. The van der Waals surface area contributed by atoms with Gasteiger partial charge in [-0.25, -0.2) is 8.42 Å². The summed E-state index contributed by atoms with van der Waals surface area (Å²) in [5.41, 5.74) is 7.66. The largest absolute Gasteiger partial charge is 0.365 e. The van der Waals surface area contributed by atoms with E-state index in [1.807, 2.05) is 6.92 Å². The zero-order chi connectivity index (χ0) is 25.3. The van der Waals surface area contributed by atoms with Crippen LogP contribution in [-0.4, -0.2) is 37.6 Å². The first kappa shape index (κ1) is 24.4. The first-order valence-corrected chi connectivity index (χ1v) is 13.1. The number of carbonyl (C=O) groups is 3. The number of amides is 3. The number of primary amides is 1. The second-order valence-electron chi connectivity index (χ2n) is 8.18. The molecule has 1 aromatic heterocycles. The average molecular weight is 513 g/mol. The first-order chi connectivity index (χ1) is 16.6. The van der Waals surface area contributed by atoms with Gasteiger partial charge in [0.1, 0.15) is 5.00 Å². The Bertz CT molecular complexity index is 1430. The molecule has 0 bridgehead atoms. The second kappa shape index (κ2) is 9.51. The Morgan fingerprint density at radius 1 is 1.06 bits per heavy atom. The van der Waals surface area contributed by atoms with Gasteiger partial charge in [-0.15, -0.1) is 11.3 Å². The molecule has 0 saturated carbocycles. The van der Waals surface area contributed by atoms with Crippen molar-refractivity contribution >= 4 is 49.8 Å². The number of rotatable bonds is 6. The summed E-state index contributed by atoms with van der Waals surface area (Å²) in [4.78, 5) is 39.7. The number of carbonyl (C=O) groups excluding carboxylic acids is 3. The fourth-order valence-corrected chi connectivity index (χ4v) is 6.23. The summed E-state index contributed by atoms with van der Waals surface area (Å²) >= 11 is 1.19. The smallest absolute Gasteiger partial charge is 0.261 e. The molecule has 2 aromatic carbocycles. The molecule has 11 heteroatoms. The quantitative estimate of drug-likeness (QED) is 0.466. The maximum absolute atomic E-state index is 13.2. The van der Waals surface area contributed by atoms with Gasteiger partial charge in [-0.05, 0) is 43.2 Å². The highest BCUT2D eigenvalue weighted by molar-refractivity contribution is 7.92. The zero-order valence-electron chi connectivity index (χ0n) is 19.1. The van der Waals surface area contributed by atoms with Gasteiger partial charge in [0.15, 0.2) is 0 Å². The number of para-hydroxylation sites is 1. The van der Waals surface area contributed by atoms with E-state index in [1.165, 1.54) is 42.5 Å². The molecule has 1 aliphatic heterocycles. The SMILES string of the molecule is CC(=O)N1CCc2c(sc(NC(=O)c3ccccc3NS(=O)(=O)c3ccc(C)cc3)c2C(N)=O)C1. The molecule has 35 heavy (non-hydrogen) atoms. The van der Waals surface area contributed by atoms with Crippen molar-refractivity contribution in [2.24, 2.45) is 5.73 Å². The lowest BCUT2D eigenvalue weighted by atomic mass is 10.0. The Labute approximate surface area is 207 Å². The third-order valence-corrected chi connectivity index (χ3v) is 8.24. The Morgan fingerprint density at radius 3 is 2.40 bits per heavy atom. The van der Waals surface area contributed by atoms with Crippen LogP contribution in [0.2, 0.25) is 0 Å². The van der Waals surface area contributed by atoms with E-state index in [0.717, 1.165) is 16.0 Å².